The van der Waals surface area contributed by atoms with Crippen LogP contribution in [0.3, 0.4) is 0 Å². The smallest absolute Gasteiger partial charge is 0.224 e. The molecule has 6 heteroatoms. The summed E-state index contributed by atoms with van der Waals surface area (Å²) in [6, 6.07) is 5.75. The molecule has 2 amide bonds. The highest BCUT2D eigenvalue weighted by atomic mass is 35.5. The largest absolute Gasteiger partial charge is 0.326 e. The lowest BCUT2D eigenvalue weighted by atomic mass is 9.93. The van der Waals surface area contributed by atoms with Gasteiger partial charge in [-0.3, -0.25) is 9.59 Å². The average Bonchev–Trinajstić information content (AvgIpc) is 2.74. The molecule has 132 valence electrons. The second-order valence-corrected chi connectivity index (χ2v) is 6.55. The monoisotopic (exact) mass is 351 g/mol. The maximum absolute atomic E-state index is 12.1. The van der Waals surface area contributed by atoms with Gasteiger partial charge in [0.25, 0.3) is 0 Å². The molecule has 0 bridgehead atoms. The fraction of sp³-hybridized carbons (Fsp3) is 0.556. The summed E-state index contributed by atoms with van der Waals surface area (Å²) in [7, 11) is 0. The van der Waals surface area contributed by atoms with Gasteiger partial charge < -0.3 is 16.0 Å². The van der Waals surface area contributed by atoms with Gasteiger partial charge in [-0.05, 0) is 74.9 Å². The molecule has 0 unspecified atom stereocenters. The molecule has 3 N–H and O–H groups in total. The van der Waals surface area contributed by atoms with Gasteiger partial charge in [-0.15, -0.1) is 12.4 Å². The number of anilines is 2. The van der Waals surface area contributed by atoms with Crippen molar-refractivity contribution in [2.75, 3.05) is 23.7 Å². The van der Waals surface area contributed by atoms with E-state index in [-0.39, 0.29) is 24.2 Å². The first-order valence-electron chi connectivity index (χ1n) is 8.64. The zero-order chi connectivity index (χ0) is 16.1. The Balaban J connectivity index is 0.00000208. The number of hydrogen-bond acceptors (Lipinski definition) is 3. The van der Waals surface area contributed by atoms with Crippen molar-refractivity contribution in [3.05, 3.63) is 23.8 Å². The van der Waals surface area contributed by atoms with Crippen LogP contribution >= 0.6 is 12.4 Å². The Labute approximate surface area is 149 Å². The van der Waals surface area contributed by atoms with E-state index in [0.717, 1.165) is 49.3 Å². The van der Waals surface area contributed by atoms with Gasteiger partial charge in [0.2, 0.25) is 11.8 Å². The van der Waals surface area contributed by atoms with Crippen LogP contribution in [0.1, 0.15) is 44.1 Å². The van der Waals surface area contributed by atoms with Crippen molar-refractivity contribution in [2.45, 2.75) is 44.9 Å². The van der Waals surface area contributed by atoms with Crippen LogP contribution in [0.15, 0.2) is 18.2 Å². The topological polar surface area (TPSA) is 70.2 Å². The number of nitrogens with one attached hydrogen (secondary N) is 3. The van der Waals surface area contributed by atoms with Crippen molar-refractivity contribution in [3.8, 4) is 0 Å². The van der Waals surface area contributed by atoms with E-state index in [0.29, 0.717) is 18.8 Å². The van der Waals surface area contributed by atoms with Crippen LogP contribution in [0.5, 0.6) is 0 Å². The minimum absolute atomic E-state index is 0. The zero-order valence-electron chi connectivity index (χ0n) is 13.9. The zero-order valence-corrected chi connectivity index (χ0v) is 14.7. The third-order valence-corrected chi connectivity index (χ3v) is 4.75. The minimum Gasteiger partial charge on any atom is -0.326 e. The van der Waals surface area contributed by atoms with E-state index in [2.05, 4.69) is 16.0 Å². The molecule has 0 aliphatic carbocycles. The lowest BCUT2D eigenvalue weighted by Gasteiger charge is -2.22. The number of hydrogen-bond donors (Lipinski definition) is 3. The maximum Gasteiger partial charge on any atom is 0.224 e. The number of benzene rings is 1. The molecular weight excluding hydrogens is 326 g/mol. The fourth-order valence-electron chi connectivity index (χ4n) is 3.38. The SMILES string of the molecule is Cl.O=C(CCC1CCNCC1)Nc1ccc2c(c1)CCCC(=O)N2. The predicted octanol–water partition coefficient (Wildman–Crippen LogP) is 3.10. The Morgan fingerprint density at radius 2 is 2.00 bits per heavy atom. The number of piperidine rings is 1. The summed E-state index contributed by atoms with van der Waals surface area (Å²) in [6.07, 6.45) is 6.18. The van der Waals surface area contributed by atoms with Crippen molar-refractivity contribution in [2.24, 2.45) is 5.92 Å². The minimum atomic E-state index is 0. The first-order chi connectivity index (χ1) is 11.2. The van der Waals surface area contributed by atoms with Crippen LogP contribution < -0.4 is 16.0 Å². The molecule has 2 aliphatic heterocycles. The van der Waals surface area contributed by atoms with E-state index in [1.54, 1.807) is 0 Å². The molecule has 1 saturated heterocycles. The average molecular weight is 352 g/mol. The van der Waals surface area contributed by atoms with Gasteiger partial charge in [0.15, 0.2) is 0 Å². The van der Waals surface area contributed by atoms with Crippen molar-refractivity contribution < 1.29 is 9.59 Å². The summed E-state index contributed by atoms with van der Waals surface area (Å²) in [4.78, 5) is 23.7. The molecule has 0 spiro atoms. The highest BCUT2D eigenvalue weighted by Gasteiger charge is 2.16. The summed E-state index contributed by atoms with van der Waals surface area (Å²) in [5.74, 6) is 0.827. The fourth-order valence-corrected chi connectivity index (χ4v) is 3.38. The van der Waals surface area contributed by atoms with E-state index < -0.39 is 0 Å². The Morgan fingerprint density at radius 3 is 2.79 bits per heavy atom. The van der Waals surface area contributed by atoms with Crippen LogP contribution in [0, 0.1) is 5.92 Å². The molecule has 3 rings (SSSR count). The van der Waals surface area contributed by atoms with Gasteiger partial charge in [-0.2, -0.15) is 0 Å². The summed E-state index contributed by atoms with van der Waals surface area (Å²) in [6.45, 7) is 2.14. The molecule has 2 aliphatic rings. The Kier molecular flexibility index (Phi) is 7.06. The van der Waals surface area contributed by atoms with Crippen molar-refractivity contribution in [3.63, 3.8) is 0 Å². The molecule has 1 fully saturated rings. The molecule has 0 atom stereocenters. The van der Waals surface area contributed by atoms with Gasteiger partial charge in [0.05, 0.1) is 0 Å². The van der Waals surface area contributed by atoms with E-state index >= 15 is 0 Å². The number of amides is 2. The van der Waals surface area contributed by atoms with Crippen molar-refractivity contribution >= 4 is 35.6 Å². The number of halogens is 1. The van der Waals surface area contributed by atoms with Gasteiger partial charge in [0, 0.05) is 24.2 Å². The van der Waals surface area contributed by atoms with Crippen LogP contribution in [-0.2, 0) is 16.0 Å². The maximum atomic E-state index is 12.1. The quantitative estimate of drug-likeness (QED) is 0.780. The van der Waals surface area contributed by atoms with Crippen LogP contribution in [0.2, 0.25) is 0 Å². The van der Waals surface area contributed by atoms with Crippen LogP contribution in [0.4, 0.5) is 11.4 Å². The molecule has 1 aromatic carbocycles. The van der Waals surface area contributed by atoms with Crippen LogP contribution in [0.25, 0.3) is 0 Å². The van der Waals surface area contributed by atoms with Gasteiger partial charge in [-0.25, -0.2) is 0 Å². The summed E-state index contributed by atoms with van der Waals surface area (Å²) in [5, 5.41) is 9.26. The molecule has 0 radical (unpaired) electrons. The molecule has 5 nitrogen and oxygen atoms in total. The van der Waals surface area contributed by atoms with Crippen molar-refractivity contribution in [1.82, 2.24) is 5.32 Å². The van der Waals surface area contributed by atoms with E-state index in [9.17, 15) is 9.59 Å². The first kappa shape index (κ1) is 18.7. The third kappa shape index (κ3) is 5.21. The van der Waals surface area contributed by atoms with Gasteiger partial charge >= 0.3 is 0 Å². The van der Waals surface area contributed by atoms with Gasteiger partial charge in [0.1, 0.15) is 0 Å². The van der Waals surface area contributed by atoms with Crippen LogP contribution in [-0.4, -0.2) is 24.9 Å². The van der Waals surface area contributed by atoms with E-state index in [1.807, 2.05) is 18.2 Å². The standard InChI is InChI=1S/C18H25N3O2.ClH/c22-17-3-1-2-14-12-15(5-6-16(14)21-17)20-18(23)7-4-13-8-10-19-11-9-13;/h5-6,12-13,19H,1-4,7-11H2,(H,20,23)(H,21,22);1H. The van der Waals surface area contributed by atoms with E-state index in [1.165, 1.54) is 12.8 Å². The highest BCUT2D eigenvalue weighted by molar-refractivity contribution is 5.94. The predicted molar refractivity (Wildman–Crippen MR) is 98.7 cm³/mol. The second kappa shape index (κ2) is 9.04. The summed E-state index contributed by atoms with van der Waals surface area (Å²) in [5.41, 5.74) is 2.81. The summed E-state index contributed by atoms with van der Waals surface area (Å²) >= 11 is 0. The Hall–Kier alpha value is -1.59. The lowest BCUT2D eigenvalue weighted by molar-refractivity contribution is -0.117. The molecule has 2 heterocycles. The molecule has 1 aromatic rings. The third-order valence-electron chi connectivity index (χ3n) is 4.75. The lowest BCUT2D eigenvalue weighted by Crippen LogP contribution is -2.28. The summed E-state index contributed by atoms with van der Waals surface area (Å²) < 4.78 is 0. The number of aryl methyl sites for hydroxylation is 1. The molecular formula is C18H26ClN3O2. The second-order valence-electron chi connectivity index (χ2n) is 6.55. The molecule has 0 aromatic heterocycles. The van der Waals surface area contributed by atoms with E-state index in [4.69, 9.17) is 0 Å². The number of carbonyl (C=O) groups is 2. The first-order valence-corrected chi connectivity index (χ1v) is 8.64. The normalized spacial score (nSPS) is 17.9. The Morgan fingerprint density at radius 1 is 1.21 bits per heavy atom. The number of rotatable bonds is 4. The van der Waals surface area contributed by atoms with Crippen molar-refractivity contribution in [1.29, 1.82) is 0 Å². The highest BCUT2D eigenvalue weighted by Crippen LogP contribution is 2.25. The van der Waals surface area contributed by atoms with Gasteiger partial charge in [-0.1, -0.05) is 0 Å². The number of fused-ring (bicyclic) bond motifs is 1. The molecule has 0 saturated carbocycles. The number of carbonyl (C=O) groups excluding carboxylic acids is 2. The molecule has 24 heavy (non-hydrogen) atoms. The Bertz CT molecular complexity index is 586.